The van der Waals surface area contributed by atoms with Crippen molar-refractivity contribution in [2.24, 2.45) is 7.05 Å². The summed E-state index contributed by atoms with van der Waals surface area (Å²) in [4.78, 5) is 34.2. The number of aryl methyl sites for hydroxylation is 2. The van der Waals surface area contributed by atoms with Crippen LogP contribution in [0.3, 0.4) is 0 Å². The lowest BCUT2D eigenvalue weighted by Gasteiger charge is -2.37. The number of anilines is 3. The monoisotopic (exact) mass is 550 g/mol. The lowest BCUT2D eigenvalue weighted by Crippen LogP contribution is -2.48. The SMILES string of the molecule is C=CC(=O)N(C)[C@H]1CCCN(c2ncc3ncnc(Nc4ccc(Oc5ccc6c(c5)nnn6C)c(C)c4)c3n2)C1. The molecule has 1 atom stereocenters. The number of benzene rings is 2. The summed E-state index contributed by atoms with van der Waals surface area (Å²) in [5.41, 5.74) is 4.74. The molecule has 1 aliphatic rings. The molecule has 4 heterocycles. The Kier molecular flexibility index (Phi) is 6.88. The number of rotatable bonds is 7. The van der Waals surface area contributed by atoms with Crippen LogP contribution in [0, 0.1) is 6.92 Å². The molecule has 1 saturated heterocycles. The summed E-state index contributed by atoms with van der Waals surface area (Å²) in [6, 6.07) is 11.6. The first kappa shape index (κ1) is 26.1. The molecule has 1 N–H and O–H groups in total. The summed E-state index contributed by atoms with van der Waals surface area (Å²) in [7, 11) is 3.67. The maximum absolute atomic E-state index is 12.2. The van der Waals surface area contributed by atoms with Crippen molar-refractivity contribution in [2.45, 2.75) is 25.8 Å². The minimum absolute atomic E-state index is 0.0596. The fourth-order valence-corrected chi connectivity index (χ4v) is 5.05. The minimum Gasteiger partial charge on any atom is -0.457 e. The van der Waals surface area contributed by atoms with Crippen LogP contribution in [0.1, 0.15) is 18.4 Å². The van der Waals surface area contributed by atoms with Gasteiger partial charge in [0, 0.05) is 45.0 Å². The molecule has 5 aromatic rings. The second-order valence-corrected chi connectivity index (χ2v) is 10.1. The Balaban J connectivity index is 1.22. The third-order valence-electron chi connectivity index (χ3n) is 7.36. The Labute approximate surface area is 236 Å². The molecule has 3 aromatic heterocycles. The maximum atomic E-state index is 12.2. The van der Waals surface area contributed by atoms with E-state index in [1.807, 2.05) is 57.4 Å². The highest BCUT2D eigenvalue weighted by Gasteiger charge is 2.27. The zero-order valence-corrected chi connectivity index (χ0v) is 23.2. The van der Waals surface area contributed by atoms with E-state index in [4.69, 9.17) is 9.72 Å². The minimum atomic E-state index is -0.0885. The van der Waals surface area contributed by atoms with Gasteiger partial charge in [0.1, 0.15) is 34.4 Å². The molecule has 0 saturated carbocycles. The second kappa shape index (κ2) is 10.8. The van der Waals surface area contributed by atoms with E-state index in [0.717, 1.165) is 47.4 Å². The van der Waals surface area contributed by atoms with Gasteiger partial charge < -0.3 is 19.9 Å². The summed E-state index contributed by atoms with van der Waals surface area (Å²) in [5.74, 6) is 2.49. The zero-order valence-electron chi connectivity index (χ0n) is 23.2. The zero-order chi connectivity index (χ0) is 28.5. The quantitative estimate of drug-likeness (QED) is 0.295. The van der Waals surface area contributed by atoms with E-state index < -0.39 is 0 Å². The highest BCUT2D eigenvalue weighted by molar-refractivity contribution is 5.88. The third-order valence-corrected chi connectivity index (χ3v) is 7.36. The van der Waals surface area contributed by atoms with Crippen molar-refractivity contribution in [1.82, 2.24) is 39.8 Å². The summed E-state index contributed by atoms with van der Waals surface area (Å²) in [6.45, 7) is 7.04. The number of aromatic nitrogens is 7. The van der Waals surface area contributed by atoms with Crippen molar-refractivity contribution < 1.29 is 9.53 Å². The molecule has 12 heteroatoms. The van der Waals surface area contributed by atoms with Gasteiger partial charge in [0.25, 0.3) is 0 Å². The second-order valence-electron chi connectivity index (χ2n) is 10.1. The number of piperidine rings is 1. The van der Waals surface area contributed by atoms with Gasteiger partial charge >= 0.3 is 0 Å². The number of likely N-dealkylation sites (N-methyl/N-ethyl adjacent to an activating group) is 1. The standard InChI is InChI=1S/C29H30N10O2/c1-5-26(40)37(3)20-7-6-12-39(16-20)29-30-15-23-27(34-29)28(32-17-31-23)33-19-8-11-25(18(2)13-19)41-21-9-10-24-22(14-21)35-36-38(24)4/h5,8-11,13-15,17,20H,1,6-7,12,16H2,2-4H3,(H,31,32,33)/t20-/m0/s1. The predicted molar refractivity (Wildman–Crippen MR) is 156 cm³/mol. The number of carbonyl (C=O) groups excluding carboxylic acids is 1. The van der Waals surface area contributed by atoms with Gasteiger partial charge in [-0.2, -0.15) is 0 Å². The van der Waals surface area contributed by atoms with Gasteiger partial charge in [0.15, 0.2) is 5.82 Å². The Hall–Kier alpha value is -5.13. The van der Waals surface area contributed by atoms with E-state index in [1.54, 1.807) is 15.8 Å². The van der Waals surface area contributed by atoms with Crippen LogP contribution in [0.25, 0.3) is 22.1 Å². The molecule has 1 amide bonds. The third kappa shape index (κ3) is 5.23. The molecule has 41 heavy (non-hydrogen) atoms. The summed E-state index contributed by atoms with van der Waals surface area (Å²) >= 11 is 0. The van der Waals surface area contributed by atoms with E-state index in [-0.39, 0.29) is 11.9 Å². The van der Waals surface area contributed by atoms with Crippen LogP contribution < -0.4 is 15.0 Å². The van der Waals surface area contributed by atoms with Crippen LogP contribution in [-0.2, 0) is 11.8 Å². The van der Waals surface area contributed by atoms with Gasteiger partial charge in [0.2, 0.25) is 11.9 Å². The summed E-state index contributed by atoms with van der Waals surface area (Å²) < 4.78 is 7.87. The van der Waals surface area contributed by atoms with Crippen LogP contribution >= 0.6 is 0 Å². The molecular weight excluding hydrogens is 520 g/mol. The number of hydrogen-bond donors (Lipinski definition) is 1. The fourth-order valence-electron chi connectivity index (χ4n) is 5.05. The topological polar surface area (TPSA) is 127 Å². The lowest BCUT2D eigenvalue weighted by atomic mass is 10.0. The number of ether oxygens (including phenoxy) is 1. The molecule has 0 aliphatic carbocycles. The molecule has 2 aromatic carbocycles. The average Bonchev–Trinajstić information content (AvgIpc) is 3.37. The van der Waals surface area contributed by atoms with Gasteiger partial charge in [-0.25, -0.2) is 24.6 Å². The van der Waals surface area contributed by atoms with Crippen molar-refractivity contribution in [3.05, 3.63) is 67.1 Å². The van der Waals surface area contributed by atoms with Gasteiger partial charge in [0.05, 0.1) is 11.7 Å². The molecule has 208 valence electrons. The molecule has 6 rings (SSSR count). The van der Waals surface area contributed by atoms with Crippen LogP contribution in [0.2, 0.25) is 0 Å². The van der Waals surface area contributed by atoms with Crippen LogP contribution in [0.5, 0.6) is 11.5 Å². The molecular formula is C29H30N10O2. The van der Waals surface area contributed by atoms with E-state index in [2.05, 4.69) is 42.1 Å². The lowest BCUT2D eigenvalue weighted by molar-refractivity contribution is -0.126. The first-order chi connectivity index (χ1) is 19.9. The first-order valence-corrected chi connectivity index (χ1v) is 13.4. The van der Waals surface area contributed by atoms with Crippen molar-refractivity contribution >= 4 is 45.4 Å². The number of carbonyl (C=O) groups is 1. The van der Waals surface area contributed by atoms with E-state index in [1.165, 1.54) is 12.4 Å². The number of nitrogens with zero attached hydrogens (tertiary/aromatic N) is 9. The summed E-state index contributed by atoms with van der Waals surface area (Å²) in [6.07, 6.45) is 6.40. The highest BCUT2D eigenvalue weighted by Crippen LogP contribution is 2.31. The molecule has 1 fully saturated rings. The Morgan fingerprint density at radius 3 is 2.88 bits per heavy atom. The first-order valence-electron chi connectivity index (χ1n) is 13.4. The Morgan fingerprint density at radius 1 is 1.17 bits per heavy atom. The van der Waals surface area contributed by atoms with Gasteiger partial charge in [-0.3, -0.25) is 4.79 Å². The Bertz CT molecular complexity index is 1770. The van der Waals surface area contributed by atoms with Gasteiger partial charge in [-0.15, -0.1) is 5.10 Å². The average molecular weight is 551 g/mol. The number of amides is 1. The Morgan fingerprint density at radius 2 is 2.05 bits per heavy atom. The van der Waals surface area contributed by atoms with Crippen molar-refractivity contribution in [2.75, 3.05) is 30.4 Å². The van der Waals surface area contributed by atoms with Crippen LogP contribution in [0.15, 0.2) is 61.6 Å². The van der Waals surface area contributed by atoms with Crippen LogP contribution in [-0.4, -0.2) is 71.9 Å². The number of fused-ring (bicyclic) bond motifs is 2. The normalized spacial score (nSPS) is 15.2. The van der Waals surface area contributed by atoms with Crippen molar-refractivity contribution in [3.63, 3.8) is 0 Å². The smallest absolute Gasteiger partial charge is 0.246 e. The van der Waals surface area contributed by atoms with E-state index >= 15 is 0 Å². The predicted octanol–water partition coefficient (Wildman–Crippen LogP) is 4.16. The van der Waals surface area contributed by atoms with Crippen LogP contribution in [0.4, 0.5) is 17.5 Å². The van der Waals surface area contributed by atoms with E-state index in [0.29, 0.717) is 35.1 Å². The van der Waals surface area contributed by atoms with E-state index in [9.17, 15) is 4.79 Å². The molecule has 1 aliphatic heterocycles. The van der Waals surface area contributed by atoms with Crippen molar-refractivity contribution in [1.29, 1.82) is 0 Å². The largest absolute Gasteiger partial charge is 0.457 e. The molecule has 0 radical (unpaired) electrons. The number of hydrogen-bond acceptors (Lipinski definition) is 10. The number of nitrogens with one attached hydrogen (secondary N) is 1. The van der Waals surface area contributed by atoms with Gasteiger partial charge in [-0.1, -0.05) is 11.8 Å². The maximum Gasteiger partial charge on any atom is 0.246 e. The molecule has 0 unspecified atom stereocenters. The molecule has 12 nitrogen and oxygen atoms in total. The summed E-state index contributed by atoms with van der Waals surface area (Å²) in [5, 5.41) is 11.6. The van der Waals surface area contributed by atoms with Gasteiger partial charge in [-0.05, 0) is 61.7 Å². The molecule has 0 bridgehead atoms. The molecule has 0 spiro atoms. The fraction of sp³-hybridized carbons (Fsp3) is 0.276. The highest BCUT2D eigenvalue weighted by atomic mass is 16.5. The van der Waals surface area contributed by atoms with Crippen molar-refractivity contribution in [3.8, 4) is 11.5 Å².